The molecule has 0 unspecified atom stereocenters. The van der Waals surface area contributed by atoms with Crippen molar-refractivity contribution in [2.45, 2.75) is 59.3 Å². The van der Waals surface area contributed by atoms with E-state index in [4.69, 9.17) is 4.42 Å². The lowest BCUT2D eigenvalue weighted by atomic mass is 9.63. The van der Waals surface area contributed by atoms with Gasteiger partial charge in [0.25, 0.3) is 0 Å². The molecule has 0 aromatic carbocycles. The zero-order valence-electron chi connectivity index (χ0n) is 17.0. The van der Waals surface area contributed by atoms with Crippen LogP contribution in [-0.4, -0.2) is 27.4 Å². The first-order valence-electron chi connectivity index (χ1n) is 9.56. The molecule has 1 atom stereocenters. The van der Waals surface area contributed by atoms with Gasteiger partial charge in [-0.15, -0.1) is 0 Å². The smallest absolute Gasteiger partial charge is 0.433 e. The normalized spacial score (nSPS) is 23.4. The van der Waals surface area contributed by atoms with Crippen LogP contribution >= 0.6 is 0 Å². The fraction of sp³-hybridized carbons (Fsp3) is 0.571. The molecule has 8 heteroatoms. The second kappa shape index (κ2) is 6.93. The summed E-state index contributed by atoms with van der Waals surface area (Å²) in [7, 11) is 0. The predicted octanol–water partition coefficient (Wildman–Crippen LogP) is 4.05. The molecule has 1 fully saturated rings. The second-order valence-electron chi connectivity index (χ2n) is 9.64. The third-order valence-corrected chi connectivity index (χ3v) is 5.64. The van der Waals surface area contributed by atoms with E-state index in [1.165, 1.54) is 6.07 Å². The molecular weight excluding hydrogens is 378 g/mol. The summed E-state index contributed by atoms with van der Waals surface area (Å²) in [5, 5.41) is 21.8. The Balaban J connectivity index is 2.15. The van der Waals surface area contributed by atoms with E-state index in [-0.39, 0.29) is 60.1 Å². The number of hydrogen-bond donors (Lipinski definition) is 1. The summed E-state index contributed by atoms with van der Waals surface area (Å²) >= 11 is 0. The largest absolute Gasteiger partial charge is 0.512 e. The highest BCUT2D eigenvalue weighted by atomic mass is 16.6. The maximum Gasteiger partial charge on any atom is 0.433 e. The predicted molar refractivity (Wildman–Crippen MR) is 102 cm³/mol. The summed E-state index contributed by atoms with van der Waals surface area (Å²) in [6.45, 7) is 7.31. The number of Topliss-reactive ketones (excluding diaryl/α,β-unsaturated/α-hetero) is 3. The number of rotatable bonds is 4. The molecule has 29 heavy (non-hydrogen) atoms. The van der Waals surface area contributed by atoms with Gasteiger partial charge in [-0.25, -0.2) is 0 Å². The molecule has 0 aliphatic heterocycles. The van der Waals surface area contributed by atoms with E-state index in [0.29, 0.717) is 0 Å². The molecule has 2 aliphatic carbocycles. The van der Waals surface area contributed by atoms with Crippen LogP contribution in [0.4, 0.5) is 5.88 Å². The van der Waals surface area contributed by atoms with Crippen LogP contribution in [0.5, 0.6) is 0 Å². The lowest BCUT2D eigenvalue weighted by Crippen LogP contribution is -2.43. The summed E-state index contributed by atoms with van der Waals surface area (Å²) in [5.74, 6) is -4.24. The van der Waals surface area contributed by atoms with E-state index in [1.807, 2.05) is 27.7 Å². The quantitative estimate of drug-likeness (QED) is 0.456. The summed E-state index contributed by atoms with van der Waals surface area (Å²) < 4.78 is 5.31. The van der Waals surface area contributed by atoms with Crippen molar-refractivity contribution in [1.82, 2.24) is 0 Å². The average Bonchev–Trinajstić information content (AvgIpc) is 2.99. The van der Waals surface area contributed by atoms with Gasteiger partial charge in [0.2, 0.25) is 0 Å². The zero-order chi connectivity index (χ0) is 21.7. The third-order valence-electron chi connectivity index (χ3n) is 5.64. The van der Waals surface area contributed by atoms with Crippen LogP contribution in [-0.2, 0) is 14.4 Å². The maximum absolute atomic E-state index is 12.9. The topological polar surface area (TPSA) is 128 Å². The number of carbonyl (C=O) groups excluding carboxylic acids is 3. The van der Waals surface area contributed by atoms with Crippen molar-refractivity contribution in [2.24, 2.45) is 16.7 Å². The highest BCUT2D eigenvalue weighted by Crippen LogP contribution is 2.48. The van der Waals surface area contributed by atoms with Crippen LogP contribution in [0.1, 0.15) is 65.1 Å². The fourth-order valence-corrected chi connectivity index (χ4v) is 4.51. The van der Waals surface area contributed by atoms with E-state index in [2.05, 4.69) is 0 Å². The van der Waals surface area contributed by atoms with Crippen LogP contribution in [0.25, 0.3) is 0 Å². The molecule has 0 bridgehead atoms. The molecule has 2 aliphatic rings. The minimum absolute atomic E-state index is 0.0299. The minimum Gasteiger partial charge on any atom is -0.512 e. The van der Waals surface area contributed by atoms with E-state index in [9.17, 15) is 29.6 Å². The first-order valence-corrected chi connectivity index (χ1v) is 9.56. The number of hydrogen-bond acceptors (Lipinski definition) is 7. The number of ketones is 3. The van der Waals surface area contributed by atoms with Crippen LogP contribution < -0.4 is 0 Å². The van der Waals surface area contributed by atoms with Gasteiger partial charge in [0.05, 0.1) is 17.9 Å². The first-order chi connectivity index (χ1) is 13.3. The number of allylic oxidation sites excluding steroid dienone is 2. The highest BCUT2D eigenvalue weighted by Gasteiger charge is 2.49. The van der Waals surface area contributed by atoms with E-state index < -0.39 is 33.5 Å². The molecule has 1 aromatic heterocycles. The molecule has 1 heterocycles. The number of carbonyl (C=O) groups is 3. The van der Waals surface area contributed by atoms with Gasteiger partial charge in [-0.1, -0.05) is 27.7 Å². The Morgan fingerprint density at radius 1 is 1.03 bits per heavy atom. The van der Waals surface area contributed by atoms with Gasteiger partial charge in [0.1, 0.15) is 28.0 Å². The highest BCUT2D eigenvalue weighted by molar-refractivity contribution is 6.09. The number of nitro groups is 1. The Labute approximate surface area is 168 Å². The monoisotopic (exact) mass is 403 g/mol. The Hall–Kier alpha value is -2.77. The van der Waals surface area contributed by atoms with Crippen LogP contribution in [0.2, 0.25) is 0 Å². The molecule has 1 aromatic rings. The van der Waals surface area contributed by atoms with Crippen molar-refractivity contribution < 1.29 is 28.8 Å². The molecule has 0 saturated heterocycles. The molecule has 0 amide bonds. The van der Waals surface area contributed by atoms with Crippen molar-refractivity contribution >= 4 is 23.2 Å². The van der Waals surface area contributed by atoms with E-state index in [1.54, 1.807) is 0 Å². The van der Waals surface area contributed by atoms with Crippen molar-refractivity contribution in [3.63, 3.8) is 0 Å². The molecule has 156 valence electrons. The van der Waals surface area contributed by atoms with Crippen LogP contribution in [0.15, 0.2) is 27.9 Å². The summed E-state index contributed by atoms with van der Waals surface area (Å²) in [6.07, 6.45) is 0.604. The van der Waals surface area contributed by atoms with Gasteiger partial charge >= 0.3 is 5.88 Å². The Kier molecular flexibility index (Phi) is 5.01. The van der Waals surface area contributed by atoms with Gasteiger partial charge in [-0.05, 0) is 16.9 Å². The first kappa shape index (κ1) is 21.0. The third kappa shape index (κ3) is 4.02. The van der Waals surface area contributed by atoms with Crippen molar-refractivity contribution in [2.75, 3.05) is 0 Å². The summed E-state index contributed by atoms with van der Waals surface area (Å²) in [5.41, 5.74) is -1.01. The van der Waals surface area contributed by atoms with Gasteiger partial charge in [0, 0.05) is 31.3 Å². The molecule has 0 radical (unpaired) electrons. The summed E-state index contributed by atoms with van der Waals surface area (Å²) in [4.78, 5) is 49.2. The molecule has 1 saturated carbocycles. The van der Waals surface area contributed by atoms with Crippen molar-refractivity contribution in [1.29, 1.82) is 0 Å². The number of aliphatic hydroxyl groups is 1. The van der Waals surface area contributed by atoms with Crippen molar-refractivity contribution in [3.05, 3.63) is 39.3 Å². The van der Waals surface area contributed by atoms with Gasteiger partial charge in [-0.2, -0.15) is 0 Å². The molecular formula is C21H25NO7. The van der Waals surface area contributed by atoms with Crippen LogP contribution in [0.3, 0.4) is 0 Å². The Morgan fingerprint density at radius 3 is 2.07 bits per heavy atom. The number of aliphatic hydroxyl groups excluding tert-OH is 1. The van der Waals surface area contributed by atoms with Gasteiger partial charge in [0.15, 0.2) is 5.78 Å². The fourth-order valence-electron chi connectivity index (χ4n) is 4.51. The summed E-state index contributed by atoms with van der Waals surface area (Å²) in [6, 6.07) is 2.43. The number of nitrogens with zero attached hydrogens (tertiary/aromatic N) is 1. The lowest BCUT2D eigenvalue weighted by Gasteiger charge is -2.38. The zero-order valence-corrected chi connectivity index (χ0v) is 17.0. The lowest BCUT2D eigenvalue weighted by molar-refractivity contribution is -0.402. The number of furan rings is 1. The second-order valence-corrected chi connectivity index (χ2v) is 9.64. The maximum atomic E-state index is 12.9. The SMILES string of the molecule is CC1(C)CC(=O)C([C@@H](C2=C(O)CC(C)(C)CC2=O)c2ccc([N+](=O)[O-])o2)C(=O)C1. The van der Waals surface area contributed by atoms with Crippen LogP contribution in [0, 0.1) is 26.9 Å². The Morgan fingerprint density at radius 2 is 1.59 bits per heavy atom. The van der Waals surface area contributed by atoms with Gasteiger partial charge in [-0.3, -0.25) is 24.5 Å². The Bertz CT molecular complexity index is 915. The average molecular weight is 403 g/mol. The van der Waals surface area contributed by atoms with E-state index in [0.717, 1.165) is 6.07 Å². The molecule has 1 N–H and O–H groups in total. The molecule has 8 nitrogen and oxygen atoms in total. The molecule has 0 spiro atoms. The standard InChI is InChI=1S/C21H25NO7/c1-20(2)7-11(23)17(12(24)8-20)19(15-5-6-16(29-15)22(27)28)18-13(25)9-21(3,4)10-14(18)26/h5-6,17,19,25H,7-10H2,1-4H3/t19-/m0/s1. The minimum atomic E-state index is -1.21. The van der Waals surface area contributed by atoms with E-state index >= 15 is 0 Å². The van der Waals surface area contributed by atoms with Crippen molar-refractivity contribution in [3.8, 4) is 0 Å². The molecule has 3 rings (SSSR count). The van der Waals surface area contributed by atoms with Gasteiger partial charge < -0.3 is 9.52 Å².